The fourth-order valence-corrected chi connectivity index (χ4v) is 4.53. The number of likely N-dealkylation sites (N-methyl/N-ethyl adjacent to an activating group) is 1. The van der Waals surface area contributed by atoms with Gasteiger partial charge in [0.2, 0.25) is 0 Å². The van der Waals surface area contributed by atoms with E-state index in [0.717, 1.165) is 71.4 Å². The van der Waals surface area contributed by atoms with E-state index in [9.17, 15) is 9.59 Å². The van der Waals surface area contributed by atoms with Crippen molar-refractivity contribution in [3.63, 3.8) is 0 Å². The molecule has 0 saturated carbocycles. The highest BCUT2D eigenvalue weighted by Gasteiger charge is 2.25. The molecule has 0 atom stereocenters. The number of hydrogen-bond acceptors (Lipinski definition) is 7. The molecule has 2 aliphatic rings. The molecular weight excluding hydrogens is 410 g/mol. The maximum absolute atomic E-state index is 11.9. The molecule has 156 valence electrons. The molecule has 2 amide bonds. The van der Waals surface area contributed by atoms with Crippen molar-refractivity contribution in [2.24, 2.45) is 0 Å². The zero-order chi connectivity index (χ0) is 21.4. The Balaban J connectivity index is 1.47. The van der Waals surface area contributed by atoms with E-state index in [4.69, 9.17) is 4.98 Å². The Morgan fingerprint density at radius 3 is 2.58 bits per heavy atom. The summed E-state index contributed by atoms with van der Waals surface area (Å²) in [6.45, 7) is 4.04. The molecule has 7 nitrogen and oxygen atoms in total. The summed E-state index contributed by atoms with van der Waals surface area (Å²) >= 11 is 0.918. The minimum Gasteiger partial charge on any atom is -0.354 e. The molecule has 3 aromatic rings. The van der Waals surface area contributed by atoms with Gasteiger partial charge in [0.1, 0.15) is 5.82 Å². The Bertz CT molecular complexity index is 1200. The van der Waals surface area contributed by atoms with Crippen LogP contribution < -0.4 is 10.2 Å². The Morgan fingerprint density at radius 2 is 1.87 bits per heavy atom. The third-order valence-corrected chi connectivity index (χ3v) is 6.40. The lowest BCUT2D eigenvalue weighted by molar-refractivity contribution is -0.115. The fourth-order valence-electron chi connectivity index (χ4n) is 3.85. The number of nitrogens with one attached hydrogen (secondary N) is 1. The van der Waals surface area contributed by atoms with Crippen LogP contribution in [0.2, 0.25) is 0 Å². The predicted octanol–water partition coefficient (Wildman–Crippen LogP) is 3.37. The summed E-state index contributed by atoms with van der Waals surface area (Å²) in [4.78, 5) is 37.5. The standard InChI is InChI=1S/C23H21N5O2S/c1-27-8-10-28(11-9-27)21-5-3-16(14-25-21)17-6-7-24-19-4-2-15(12-18(17)19)13-20-22(29)26-23(30)31-20/h2-7,12-14H,8-11H2,1H3,(H,26,29,30). The van der Waals surface area contributed by atoms with Crippen LogP contribution in [-0.2, 0) is 4.79 Å². The zero-order valence-electron chi connectivity index (χ0n) is 17.0. The van der Waals surface area contributed by atoms with E-state index in [2.05, 4.69) is 39.3 Å². The van der Waals surface area contributed by atoms with E-state index in [0.29, 0.717) is 4.91 Å². The van der Waals surface area contributed by atoms with Crippen molar-refractivity contribution in [2.45, 2.75) is 0 Å². The largest absolute Gasteiger partial charge is 0.354 e. The molecule has 8 heteroatoms. The SMILES string of the molecule is CN1CCN(c2ccc(-c3ccnc4ccc(C=C5SC(=O)NC5=O)cc34)cn2)CC1. The average molecular weight is 432 g/mol. The number of piperazine rings is 1. The summed E-state index contributed by atoms with van der Waals surface area (Å²) in [6, 6.07) is 12.0. The number of carbonyl (C=O) groups excluding carboxylic acids is 2. The van der Waals surface area contributed by atoms with Crippen molar-refractivity contribution in [1.82, 2.24) is 20.2 Å². The van der Waals surface area contributed by atoms with Gasteiger partial charge in [-0.3, -0.25) is 19.9 Å². The molecule has 0 bridgehead atoms. The minimum atomic E-state index is -0.356. The number of thioether (sulfide) groups is 1. The molecule has 0 spiro atoms. The minimum absolute atomic E-state index is 0.342. The van der Waals surface area contributed by atoms with Crippen LogP contribution >= 0.6 is 11.8 Å². The lowest BCUT2D eigenvalue weighted by atomic mass is 10.0. The van der Waals surface area contributed by atoms with Crippen LogP contribution in [0.5, 0.6) is 0 Å². The monoisotopic (exact) mass is 431 g/mol. The first-order valence-electron chi connectivity index (χ1n) is 10.1. The van der Waals surface area contributed by atoms with E-state index >= 15 is 0 Å². The lowest BCUT2D eigenvalue weighted by Gasteiger charge is -2.33. The second-order valence-corrected chi connectivity index (χ2v) is 8.70. The third-order valence-electron chi connectivity index (χ3n) is 5.59. The van der Waals surface area contributed by atoms with Gasteiger partial charge in [0.15, 0.2) is 0 Å². The van der Waals surface area contributed by atoms with Crippen molar-refractivity contribution in [3.05, 3.63) is 59.3 Å². The Morgan fingerprint density at radius 1 is 1.03 bits per heavy atom. The number of hydrogen-bond donors (Lipinski definition) is 1. The molecule has 2 saturated heterocycles. The van der Waals surface area contributed by atoms with Gasteiger partial charge in [-0.05, 0) is 66.3 Å². The van der Waals surface area contributed by atoms with Gasteiger partial charge in [-0.1, -0.05) is 6.07 Å². The summed E-state index contributed by atoms with van der Waals surface area (Å²) in [5.74, 6) is 0.639. The smallest absolute Gasteiger partial charge is 0.290 e. The number of anilines is 1. The van der Waals surface area contributed by atoms with Gasteiger partial charge in [0.05, 0.1) is 10.4 Å². The molecule has 4 heterocycles. The van der Waals surface area contributed by atoms with Crippen molar-refractivity contribution < 1.29 is 9.59 Å². The number of aromatic nitrogens is 2. The summed E-state index contributed by atoms with van der Waals surface area (Å²) in [6.07, 6.45) is 5.44. The van der Waals surface area contributed by atoms with Crippen molar-refractivity contribution in [1.29, 1.82) is 0 Å². The number of amides is 2. The Hall–Kier alpha value is -3.23. The molecule has 2 aromatic heterocycles. The molecule has 1 aromatic carbocycles. The third kappa shape index (κ3) is 4.04. The molecule has 31 heavy (non-hydrogen) atoms. The van der Waals surface area contributed by atoms with Gasteiger partial charge >= 0.3 is 0 Å². The highest BCUT2D eigenvalue weighted by Crippen LogP contribution is 2.31. The van der Waals surface area contributed by atoms with E-state index in [1.54, 1.807) is 12.3 Å². The van der Waals surface area contributed by atoms with Crippen LogP contribution in [0.3, 0.4) is 0 Å². The highest BCUT2D eigenvalue weighted by atomic mass is 32.2. The number of fused-ring (bicyclic) bond motifs is 1. The Labute approximate surface area is 184 Å². The number of pyridine rings is 2. The molecule has 2 aliphatic heterocycles. The Kier molecular flexibility index (Phi) is 5.17. The molecule has 0 unspecified atom stereocenters. The normalized spacial score (nSPS) is 18.7. The van der Waals surface area contributed by atoms with E-state index in [1.165, 1.54) is 0 Å². The van der Waals surface area contributed by atoms with E-state index < -0.39 is 0 Å². The van der Waals surface area contributed by atoms with E-state index in [-0.39, 0.29) is 11.1 Å². The number of benzene rings is 1. The van der Waals surface area contributed by atoms with Gasteiger partial charge in [-0.25, -0.2) is 4.98 Å². The topological polar surface area (TPSA) is 78.4 Å². The summed E-state index contributed by atoms with van der Waals surface area (Å²) in [5.41, 5.74) is 3.75. The summed E-state index contributed by atoms with van der Waals surface area (Å²) < 4.78 is 0. The zero-order valence-corrected chi connectivity index (χ0v) is 17.9. The van der Waals surface area contributed by atoms with Crippen molar-refractivity contribution in [2.75, 3.05) is 38.1 Å². The summed E-state index contributed by atoms with van der Waals surface area (Å²) in [7, 11) is 2.14. The molecule has 2 fully saturated rings. The molecular formula is C23H21N5O2S. The molecule has 0 radical (unpaired) electrons. The maximum Gasteiger partial charge on any atom is 0.290 e. The number of rotatable bonds is 3. The first kappa shape index (κ1) is 19.7. The van der Waals surface area contributed by atoms with Crippen LogP contribution in [0.15, 0.2) is 53.7 Å². The lowest BCUT2D eigenvalue weighted by Crippen LogP contribution is -2.44. The fraction of sp³-hybridized carbons (Fsp3) is 0.217. The predicted molar refractivity (Wildman–Crippen MR) is 124 cm³/mol. The molecule has 5 rings (SSSR count). The maximum atomic E-state index is 11.9. The first-order chi connectivity index (χ1) is 15.1. The molecule has 1 N–H and O–H groups in total. The van der Waals surface area contributed by atoms with E-state index in [1.807, 2.05) is 30.5 Å². The van der Waals surface area contributed by atoms with Gasteiger partial charge in [0, 0.05) is 49.5 Å². The highest BCUT2D eigenvalue weighted by molar-refractivity contribution is 8.18. The van der Waals surface area contributed by atoms with Crippen LogP contribution in [0, 0.1) is 0 Å². The van der Waals surface area contributed by atoms with Gasteiger partial charge in [0.25, 0.3) is 11.1 Å². The van der Waals surface area contributed by atoms with Crippen LogP contribution in [0.1, 0.15) is 5.56 Å². The average Bonchev–Trinajstić information content (AvgIpc) is 3.10. The number of nitrogens with zero attached hydrogens (tertiary/aromatic N) is 4. The van der Waals surface area contributed by atoms with Gasteiger partial charge < -0.3 is 9.80 Å². The van der Waals surface area contributed by atoms with Crippen molar-refractivity contribution >= 4 is 45.7 Å². The van der Waals surface area contributed by atoms with Crippen molar-refractivity contribution in [3.8, 4) is 11.1 Å². The second kappa shape index (κ2) is 8.13. The number of carbonyl (C=O) groups is 2. The van der Waals surface area contributed by atoms with Gasteiger partial charge in [-0.15, -0.1) is 0 Å². The first-order valence-corrected chi connectivity index (χ1v) is 10.9. The number of imide groups is 1. The molecule has 0 aliphatic carbocycles. The second-order valence-electron chi connectivity index (χ2n) is 7.68. The van der Waals surface area contributed by atoms with Gasteiger partial charge in [-0.2, -0.15) is 0 Å². The quantitative estimate of drug-likeness (QED) is 0.637. The van der Waals surface area contributed by atoms with Crippen LogP contribution in [0.25, 0.3) is 28.1 Å². The van der Waals surface area contributed by atoms with Crippen LogP contribution in [0.4, 0.5) is 10.6 Å². The summed E-state index contributed by atoms with van der Waals surface area (Å²) in [5, 5.41) is 2.92. The van der Waals surface area contributed by atoms with Crippen LogP contribution in [-0.4, -0.2) is 59.2 Å².